The van der Waals surface area contributed by atoms with Crippen molar-refractivity contribution >= 4 is 5.97 Å². The molecule has 17 heavy (non-hydrogen) atoms. The van der Waals surface area contributed by atoms with Crippen LogP contribution in [0.15, 0.2) is 0 Å². The Morgan fingerprint density at radius 2 is 1.82 bits per heavy atom. The van der Waals surface area contributed by atoms with Crippen LogP contribution in [0.2, 0.25) is 0 Å². The summed E-state index contributed by atoms with van der Waals surface area (Å²) >= 11 is 0. The van der Waals surface area contributed by atoms with Crippen LogP contribution < -0.4 is 0 Å². The molecule has 0 unspecified atom stereocenters. The van der Waals surface area contributed by atoms with Gasteiger partial charge in [0.25, 0.3) is 0 Å². The predicted molar refractivity (Wildman–Crippen MR) is 69.2 cm³/mol. The molecular weight excluding hydrogens is 216 g/mol. The molecule has 0 amide bonds. The number of carbonyl (C=O) groups is 1. The number of likely N-dealkylation sites (tertiary alicyclic amines) is 1. The van der Waals surface area contributed by atoms with Crippen LogP contribution in [0.25, 0.3) is 0 Å². The van der Waals surface area contributed by atoms with E-state index in [0.717, 1.165) is 25.9 Å². The van der Waals surface area contributed by atoms with E-state index in [1.54, 1.807) is 13.8 Å². The molecule has 0 atom stereocenters. The zero-order valence-corrected chi connectivity index (χ0v) is 11.7. The molecule has 0 aliphatic carbocycles. The van der Waals surface area contributed by atoms with Crippen LogP contribution in [-0.2, 0) is 4.79 Å². The average molecular weight is 242 g/mol. The minimum absolute atomic E-state index is 0.385. The number of aliphatic carboxylic acids is 1. The van der Waals surface area contributed by atoms with Crippen molar-refractivity contribution in [2.45, 2.75) is 58.2 Å². The average Bonchev–Trinajstić information content (AvgIpc) is 2.27. The molecule has 1 aliphatic rings. The fraction of sp³-hybridized carbons (Fsp3) is 0.923. The highest BCUT2D eigenvalue weighted by Crippen LogP contribution is 2.23. The van der Waals surface area contributed by atoms with E-state index in [4.69, 9.17) is 0 Å². The molecule has 1 N–H and O–H groups in total. The summed E-state index contributed by atoms with van der Waals surface area (Å²) in [5, 5.41) is 9.23. The van der Waals surface area contributed by atoms with Gasteiger partial charge in [0, 0.05) is 12.1 Å². The van der Waals surface area contributed by atoms with Crippen molar-refractivity contribution in [1.29, 1.82) is 0 Å². The molecule has 0 bridgehead atoms. The molecule has 4 nitrogen and oxygen atoms in total. The zero-order valence-electron chi connectivity index (χ0n) is 11.7. The van der Waals surface area contributed by atoms with Gasteiger partial charge < -0.3 is 10.0 Å². The van der Waals surface area contributed by atoms with Gasteiger partial charge in [0.1, 0.15) is 5.54 Å². The summed E-state index contributed by atoms with van der Waals surface area (Å²) in [6.07, 6.45) is 2.12. The second-order valence-corrected chi connectivity index (χ2v) is 5.84. The van der Waals surface area contributed by atoms with E-state index in [1.807, 2.05) is 11.9 Å². The molecule has 1 saturated heterocycles. The van der Waals surface area contributed by atoms with Gasteiger partial charge in [0.2, 0.25) is 0 Å². The molecule has 100 valence electrons. The number of hydrogen-bond donors (Lipinski definition) is 1. The van der Waals surface area contributed by atoms with Crippen molar-refractivity contribution in [2.75, 3.05) is 20.1 Å². The van der Waals surface area contributed by atoms with Gasteiger partial charge in [-0.2, -0.15) is 0 Å². The van der Waals surface area contributed by atoms with Crippen LogP contribution in [0.4, 0.5) is 0 Å². The maximum atomic E-state index is 11.2. The monoisotopic (exact) mass is 242 g/mol. The lowest BCUT2D eigenvalue weighted by molar-refractivity contribution is -0.150. The highest BCUT2D eigenvalue weighted by atomic mass is 16.4. The van der Waals surface area contributed by atoms with Crippen molar-refractivity contribution in [2.24, 2.45) is 0 Å². The molecule has 4 heteroatoms. The van der Waals surface area contributed by atoms with Gasteiger partial charge in [-0.3, -0.25) is 9.69 Å². The van der Waals surface area contributed by atoms with Gasteiger partial charge in [0.15, 0.2) is 0 Å². The Balaban J connectivity index is 2.57. The molecule has 0 radical (unpaired) electrons. The van der Waals surface area contributed by atoms with Gasteiger partial charge in [-0.15, -0.1) is 0 Å². The topological polar surface area (TPSA) is 43.8 Å². The third-order valence-corrected chi connectivity index (χ3v) is 4.18. The second kappa shape index (κ2) is 5.36. The fourth-order valence-electron chi connectivity index (χ4n) is 2.40. The predicted octanol–water partition coefficient (Wildman–Crippen LogP) is 1.65. The molecule has 0 aromatic carbocycles. The maximum Gasteiger partial charge on any atom is 0.323 e. The zero-order chi connectivity index (χ0) is 13.2. The molecule has 1 fully saturated rings. The van der Waals surface area contributed by atoms with Crippen LogP contribution in [-0.4, -0.2) is 58.6 Å². The number of carboxylic acid groups (broad SMARTS) is 1. The fourth-order valence-corrected chi connectivity index (χ4v) is 2.40. The van der Waals surface area contributed by atoms with E-state index in [-0.39, 0.29) is 0 Å². The number of carboxylic acids is 1. The quantitative estimate of drug-likeness (QED) is 0.814. The summed E-state index contributed by atoms with van der Waals surface area (Å²) in [5.74, 6) is -0.744. The second-order valence-electron chi connectivity index (χ2n) is 5.84. The largest absolute Gasteiger partial charge is 0.480 e. The SMILES string of the molecule is CC(C)N1CCC(N(C)C(C)(C)C(=O)O)CC1. The molecule has 0 saturated carbocycles. The number of hydrogen-bond acceptors (Lipinski definition) is 3. The van der Waals surface area contributed by atoms with Crippen molar-refractivity contribution in [3.63, 3.8) is 0 Å². The highest BCUT2D eigenvalue weighted by Gasteiger charge is 2.37. The minimum Gasteiger partial charge on any atom is -0.480 e. The first-order chi connectivity index (χ1) is 7.76. The maximum absolute atomic E-state index is 11.2. The molecule has 0 aromatic heterocycles. The van der Waals surface area contributed by atoms with Crippen molar-refractivity contribution in [3.05, 3.63) is 0 Å². The van der Waals surface area contributed by atoms with Gasteiger partial charge in [-0.1, -0.05) is 0 Å². The van der Waals surface area contributed by atoms with Crippen molar-refractivity contribution in [3.8, 4) is 0 Å². The molecular formula is C13H26N2O2. The number of piperidine rings is 1. The van der Waals surface area contributed by atoms with E-state index in [1.165, 1.54) is 0 Å². The Morgan fingerprint density at radius 1 is 1.35 bits per heavy atom. The lowest BCUT2D eigenvalue weighted by Gasteiger charge is -2.43. The number of likely N-dealkylation sites (N-methyl/N-ethyl adjacent to an activating group) is 1. The summed E-state index contributed by atoms with van der Waals surface area (Å²) in [5.41, 5.74) is -0.773. The first kappa shape index (κ1) is 14.5. The summed E-state index contributed by atoms with van der Waals surface area (Å²) < 4.78 is 0. The van der Waals surface area contributed by atoms with E-state index in [9.17, 15) is 9.90 Å². The van der Waals surface area contributed by atoms with Crippen molar-refractivity contribution < 1.29 is 9.90 Å². The third kappa shape index (κ3) is 3.19. The van der Waals surface area contributed by atoms with Gasteiger partial charge in [-0.05, 0) is 60.7 Å². The Kier molecular flexibility index (Phi) is 4.55. The van der Waals surface area contributed by atoms with E-state index in [0.29, 0.717) is 12.1 Å². The number of nitrogens with zero attached hydrogens (tertiary/aromatic N) is 2. The molecule has 1 heterocycles. The van der Waals surface area contributed by atoms with E-state index in [2.05, 4.69) is 18.7 Å². The Labute approximate surface area is 105 Å². The van der Waals surface area contributed by atoms with E-state index < -0.39 is 11.5 Å². The summed E-state index contributed by atoms with van der Waals surface area (Å²) in [6.45, 7) is 10.1. The van der Waals surface area contributed by atoms with Crippen LogP contribution in [0, 0.1) is 0 Å². The Morgan fingerprint density at radius 3 is 2.18 bits per heavy atom. The summed E-state index contributed by atoms with van der Waals surface area (Å²) in [7, 11) is 1.93. The van der Waals surface area contributed by atoms with Crippen molar-refractivity contribution in [1.82, 2.24) is 9.80 Å². The third-order valence-electron chi connectivity index (χ3n) is 4.18. The highest BCUT2D eigenvalue weighted by molar-refractivity contribution is 5.77. The van der Waals surface area contributed by atoms with Gasteiger partial charge in [-0.25, -0.2) is 0 Å². The van der Waals surface area contributed by atoms with Crippen LogP contribution in [0.5, 0.6) is 0 Å². The molecule has 0 spiro atoms. The molecule has 1 rings (SSSR count). The molecule has 0 aromatic rings. The van der Waals surface area contributed by atoms with Crippen LogP contribution in [0.3, 0.4) is 0 Å². The van der Waals surface area contributed by atoms with Crippen LogP contribution >= 0.6 is 0 Å². The first-order valence-electron chi connectivity index (χ1n) is 6.47. The first-order valence-corrected chi connectivity index (χ1v) is 6.47. The standard InChI is InChI=1S/C13H26N2O2/c1-10(2)15-8-6-11(7-9-15)14(5)13(3,4)12(16)17/h10-11H,6-9H2,1-5H3,(H,16,17). The smallest absolute Gasteiger partial charge is 0.323 e. The minimum atomic E-state index is -0.773. The lowest BCUT2D eigenvalue weighted by atomic mass is 9.95. The number of rotatable bonds is 4. The van der Waals surface area contributed by atoms with Gasteiger partial charge >= 0.3 is 5.97 Å². The summed E-state index contributed by atoms with van der Waals surface area (Å²) in [4.78, 5) is 15.7. The lowest BCUT2D eigenvalue weighted by Crippen LogP contribution is -2.55. The Bertz CT molecular complexity index is 269. The van der Waals surface area contributed by atoms with Gasteiger partial charge in [0.05, 0.1) is 0 Å². The van der Waals surface area contributed by atoms with Crippen LogP contribution in [0.1, 0.15) is 40.5 Å². The summed E-state index contributed by atoms with van der Waals surface area (Å²) in [6, 6.07) is 0.977. The molecule has 1 aliphatic heterocycles. The van der Waals surface area contributed by atoms with E-state index >= 15 is 0 Å². The normalized spacial score (nSPS) is 20.2. The Hall–Kier alpha value is -0.610.